The fourth-order valence-electron chi connectivity index (χ4n) is 4.52. The molecule has 6 nitrogen and oxygen atoms in total. The van der Waals surface area contributed by atoms with E-state index in [1.165, 1.54) is 22.5 Å². The molecule has 12 heteroatoms. The summed E-state index contributed by atoms with van der Waals surface area (Å²) in [5.41, 5.74) is -0.0950. The number of piperazine rings is 1. The molecule has 0 spiro atoms. The van der Waals surface area contributed by atoms with E-state index in [4.69, 9.17) is 23.2 Å². The summed E-state index contributed by atoms with van der Waals surface area (Å²) in [6.07, 6.45) is -1.91. The van der Waals surface area contributed by atoms with E-state index < -0.39 is 27.7 Å². The van der Waals surface area contributed by atoms with Gasteiger partial charge in [-0.15, -0.1) is 0 Å². The molecule has 4 rings (SSSR count). The first-order valence-corrected chi connectivity index (χ1v) is 13.8. The predicted octanol–water partition coefficient (Wildman–Crippen LogP) is 5.14. The summed E-state index contributed by atoms with van der Waals surface area (Å²) in [4.78, 5) is 16.6. The van der Waals surface area contributed by atoms with Gasteiger partial charge in [0.1, 0.15) is 4.90 Å². The average Bonchev–Trinajstić information content (AvgIpc) is 2.84. The predicted molar refractivity (Wildman–Crippen MR) is 132 cm³/mol. The zero-order chi connectivity index (χ0) is 26.1. The summed E-state index contributed by atoms with van der Waals surface area (Å²) < 4.78 is 66.7. The van der Waals surface area contributed by atoms with Gasteiger partial charge in [-0.2, -0.15) is 17.5 Å². The highest BCUT2D eigenvalue weighted by atomic mass is 35.5. The number of nitrogens with zero attached hydrogens (tertiary/aromatic N) is 3. The van der Waals surface area contributed by atoms with Crippen molar-refractivity contribution in [2.24, 2.45) is 0 Å². The van der Waals surface area contributed by atoms with Gasteiger partial charge < -0.3 is 4.90 Å². The molecule has 0 aliphatic carbocycles. The second-order valence-electron chi connectivity index (χ2n) is 8.99. The molecule has 0 aromatic heterocycles. The quantitative estimate of drug-likeness (QED) is 0.505. The first-order valence-electron chi connectivity index (χ1n) is 11.6. The first-order chi connectivity index (χ1) is 17.0. The Morgan fingerprint density at radius 1 is 0.889 bits per heavy atom. The Morgan fingerprint density at radius 3 is 2.19 bits per heavy atom. The maximum Gasteiger partial charge on any atom is 0.416 e. The summed E-state index contributed by atoms with van der Waals surface area (Å²) in [5, 5.41) is 0.0296. The molecule has 0 atom stereocenters. The van der Waals surface area contributed by atoms with E-state index in [1.807, 2.05) is 4.90 Å². The van der Waals surface area contributed by atoms with E-state index in [0.29, 0.717) is 51.4 Å². The highest BCUT2D eigenvalue weighted by Gasteiger charge is 2.32. The van der Waals surface area contributed by atoms with Crippen LogP contribution in [0.2, 0.25) is 10.0 Å². The van der Waals surface area contributed by atoms with Crippen LogP contribution in [-0.2, 0) is 22.7 Å². The highest BCUT2D eigenvalue weighted by molar-refractivity contribution is 7.89. The molecule has 2 aliphatic rings. The topological polar surface area (TPSA) is 60.9 Å². The maximum absolute atomic E-state index is 13.3. The summed E-state index contributed by atoms with van der Waals surface area (Å²) >= 11 is 12.5. The molecule has 0 radical (unpaired) electrons. The number of hydrogen-bond donors (Lipinski definition) is 0. The minimum atomic E-state index is -4.40. The molecule has 2 aromatic rings. The highest BCUT2D eigenvalue weighted by Crippen LogP contribution is 2.33. The lowest BCUT2D eigenvalue weighted by Crippen LogP contribution is -2.48. The molecular formula is C24H26Cl2F3N3O3S. The largest absolute Gasteiger partial charge is 0.416 e. The third-order valence-electron chi connectivity index (χ3n) is 6.50. The number of piperidine rings is 1. The van der Waals surface area contributed by atoms with Crippen LogP contribution >= 0.6 is 23.2 Å². The van der Waals surface area contributed by atoms with Crippen LogP contribution in [0.1, 0.15) is 40.7 Å². The van der Waals surface area contributed by atoms with Crippen molar-refractivity contribution in [1.29, 1.82) is 0 Å². The molecule has 2 aliphatic heterocycles. The molecule has 0 N–H and O–H groups in total. The maximum atomic E-state index is 13.3. The number of carbonyl (C=O) groups excluding carboxylic acids is 1. The molecule has 1 amide bonds. The Labute approximate surface area is 218 Å². The van der Waals surface area contributed by atoms with Gasteiger partial charge >= 0.3 is 6.18 Å². The SMILES string of the molecule is O=C(c1cc(S(=O)(=O)N2CCCCC2)c(Cl)cc1Cl)N1CCN(Cc2cccc(C(F)(F)F)c2)CC1. The number of rotatable bonds is 5. The fraction of sp³-hybridized carbons (Fsp3) is 0.458. The molecule has 0 saturated carbocycles. The minimum absolute atomic E-state index is 0.0342. The third kappa shape index (κ3) is 5.99. The molecule has 2 heterocycles. The normalized spacial score (nSPS) is 18.4. The molecule has 36 heavy (non-hydrogen) atoms. The van der Waals surface area contributed by atoms with Crippen LogP contribution in [0.25, 0.3) is 0 Å². The van der Waals surface area contributed by atoms with Crippen molar-refractivity contribution < 1.29 is 26.4 Å². The molecule has 0 bridgehead atoms. The summed E-state index contributed by atoms with van der Waals surface area (Å²) in [6.45, 7) is 2.68. The fourth-order valence-corrected chi connectivity index (χ4v) is 6.86. The summed E-state index contributed by atoms with van der Waals surface area (Å²) in [5.74, 6) is -0.412. The van der Waals surface area contributed by atoms with Gasteiger partial charge in [-0.25, -0.2) is 8.42 Å². The van der Waals surface area contributed by atoms with Crippen molar-refractivity contribution in [3.05, 3.63) is 63.1 Å². The Hall–Kier alpha value is -1.85. The molecule has 196 valence electrons. The van der Waals surface area contributed by atoms with Crippen LogP contribution < -0.4 is 0 Å². The summed E-state index contributed by atoms with van der Waals surface area (Å²) in [7, 11) is -3.87. The van der Waals surface area contributed by atoms with Crippen LogP contribution in [0, 0.1) is 0 Å². The summed E-state index contributed by atoms with van der Waals surface area (Å²) in [6, 6.07) is 7.74. The zero-order valence-electron chi connectivity index (χ0n) is 19.4. The van der Waals surface area contributed by atoms with Crippen LogP contribution in [0.3, 0.4) is 0 Å². The number of amides is 1. The third-order valence-corrected chi connectivity index (χ3v) is 9.18. The Balaban J connectivity index is 1.45. The molecular weight excluding hydrogens is 538 g/mol. The van der Waals surface area contributed by atoms with Gasteiger partial charge in [-0.1, -0.05) is 47.8 Å². The first kappa shape index (κ1) is 27.2. The molecule has 2 aromatic carbocycles. The number of alkyl halides is 3. The Bertz CT molecular complexity index is 1230. The van der Waals surface area contributed by atoms with E-state index in [1.54, 1.807) is 11.0 Å². The van der Waals surface area contributed by atoms with Crippen LogP contribution in [-0.4, -0.2) is 67.7 Å². The number of benzene rings is 2. The van der Waals surface area contributed by atoms with E-state index in [2.05, 4.69) is 0 Å². The van der Waals surface area contributed by atoms with Crippen molar-refractivity contribution in [3.63, 3.8) is 0 Å². The van der Waals surface area contributed by atoms with Crippen LogP contribution in [0.15, 0.2) is 41.3 Å². The second-order valence-corrected chi connectivity index (χ2v) is 11.7. The van der Waals surface area contributed by atoms with E-state index in [0.717, 1.165) is 31.4 Å². The lowest BCUT2D eigenvalue weighted by Gasteiger charge is -2.35. The zero-order valence-corrected chi connectivity index (χ0v) is 21.7. The van der Waals surface area contributed by atoms with Crippen LogP contribution in [0.4, 0.5) is 13.2 Å². The average molecular weight is 564 g/mol. The van der Waals surface area contributed by atoms with Gasteiger partial charge in [0.05, 0.1) is 21.2 Å². The van der Waals surface area contributed by atoms with Crippen molar-refractivity contribution in [2.75, 3.05) is 39.3 Å². The number of hydrogen-bond acceptors (Lipinski definition) is 4. The molecule has 2 saturated heterocycles. The van der Waals surface area contributed by atoms with Gasteiger partial charge in [-0.05, 0) is 36.6 Å². The molecule has 2 fully saturated rings. The molecule has 0 unspecified atom stereocenters. The van der Waals surface area contributed by atoms with Gasteiger partial charge in [0.2, 0.25) is 10.0 Å². The monoisotopic (exact) mass is 563 g/mol. The van der Waals surface area contributed by atoms with E-state index in [-0.39, 0.29) is 20.5 Å². The van der Waals surface area contributed by atoms with E-state index >= 15 is 0 Å². The van der Waals surface area contributed by atoms with Gasteiger partial charge in [0.25, 0.3) is 5.91 Å². The Morgan fingerprint density at radius 2 is 1.56 bits per heavy atom. The smallest absolute Gasteiger partial charge is 0.336 e. The lowest BCUT2D eigenvalue weighted by atomic mass is 10.1. The number of carbonyl (C=O) groups is 1. The van der Waals surface area contributed by atoms with Crippen molar-refractivity contribution in [1.82, 2.24) is 14.1 Å². The second kappa shape index (κ2) is 10.9. The van der Waals surface area contributed by atoms with E-state index in [9.17, 15) is 26.4 Å². The Kier molecular flexibility index (Phi) is 8.21. The van der Waals surface area contributed by atoms with Crippen LogP contribution in [0.5, 0.6) is 0 Å². The van der Waals surface area contributed by atoms with Gasteiger partial charge in [-0.3, -0.25) is 9.69 Å². The van der Waals surface area contributed by atoms with Crippen molar-refractivity contribution >= 4 is 39.1 Å². The minimum Gasteiger partial charge on any atom is -0.336 e. The lowest BCUT2D eigenvalue weighted by molar-refractivity contribution is -0.137. The van der Waals surface area contributed by atoms with Gasteiger partial charge in [0, 0.05) is 45.8 Å². The number of sulfonamides is 1. The number of halogens is 5. The standard InChI is InChI=1S/C24H26Cl2F3N3O3S/c25-20-15-21(26)22(36(34,35)32-7-2-1-3-8-32)14-19(20)23(33)31-11-9-30(10-12-31)16-17-5-4-6-18(13-17)24(27,28)29/h4-6,13-15H,1-3,7-12,16H2. The van der Waals surface area contributed by atoms with Gasteiger partial charge in [0.15, 0.2) is 0 Å². The van der Waals surface area contributed by atoms with Crippen molar-refractivity contribution in [2.45, 2.75) is 36.9 Å². The van der Waals surface area contributed by atoms with Crippen molar-refractivity contribution in [3.8, 4) is 0 Å².